The molecule has 0 amide bonds. The van der Waals surface area contributed by atoms with Gasteiger partial charge in [-0.3, -0.25) is 9.36 Å². The van der Waals surface area contributed by atoms with Crippen molar-refractivity contribution >= 4 is 21.6 Å². The van der Waals surface area contributed by atoms with Gasteiger partial charge in [-0.1, -0.05) is 12.1 Å². The molecule has 31 heavy (non-hydrogen) atoms. The lowest BCUT2D eigenvalue weighted by Gasteiger charge is -2.24. The van der Waals surface area contributed by atoms with E-state index in [0.29, 0.717) is 21.8 Å². The molecule has 4 rings (SSSR count). The Morgan fingerprint density at radius 2 is 2.13 bits per heavy atom. The Morgan fingerprint density at radius 3 is 2.87 bits per heavy atom. The number of hydrogen-bond donors (Lipinski definition) is 1. The third kappa shape index (κ3) is 4.83. The second-order valence-electron chi connectivity index (χ2n) is 8.26. The number of aromatic nitrogens is 2. The summed E-state index contributed by atoms with van der Waals surface area (Å²) in [6.45, 7) is 1.95. The molecule has 5 nitrogen and oxygen atoms in total. The Labute approximate surface area is 182 Å². The fourth-order valence-corrected chi connectivity index (χ4v) is 5.28. The van der Waals surface area contributed by atoms with Gasteiger partial charge in [0.1, 0.15) is 4.83 Å². The predicted octanol–water partition coefficient (Wildman–Crippen LogP) is 3.53. The monoisotopic (exact) mass is 450 g/mol. The van der Waals surface area contributed by atoms with E-state index in [1.807, 2.05) is 14.1 Å². The molecule has 1 aliphatic carbocycles. The lowest BCUT2D eigenvalue weighted by Crippen LogP contribution is -2.38. The largest absolute Gasteiger partial charge is 0.416 e. The second kappa shape index (κ2) is 8.72. The quantitative estimate of drug-likeness (QED) is 0.624. The number of halogens is 3. The number of benzene rings is 1. The summed E-state index contributed by atoms with van der Waals surface area (Å²) in [5.74, 6) is 0. The van der Waals surface area contributed by atoms with Crippen LogP contribution in [0, 0.1) is 0 Å². The molecule has 1 aromatic carbocycles. The maximum atomic E-state index is 13.2. The summed E-state index contributed by atoms with van der Waals surface area (Å²) in [5, 5.41) is 4.21. The van der Waals surface area contributed by atoms with Crippen molar-refractivity contribution in [2.24, 2.45) is 0 Å². The molecule has 1 N–H and O–H groups in total. The summed E-state index contributed by atoms with van der Waals surface area (Å²) >= 11 is 1.55. The molecule has 3 aromatic rings. The molecule has 0 saturated heterocycles. The van der Waals surface area contributed by atoms with Crippen LogP contribution in [0.5, 0.6) is 0 Å². The van der Waals surface area contributed by atoms with Gasteiger partial charge in [0.05, 0.1) is 23.8 Å². The van der Waals surface area contributed by atoms with Gasteiger partial charge in [0, 0.05) is 24.0 Å². The first-order chi connectivity index (χ1) is 14.7. The zero-order valence-electron chi connectivity index (χ0n) is 17.5. The number of likely N-dealkylation sites (N-methyl/N-ethyl adjacent to an activating group) is 1. The van der Waals surface area contributed by atoms with Crippen LogP contribution in [0.1, 0.15) is 28.0 Å². The van der Waals surface area contributed by atoms with Crippen LogP contribution >= 0.6 is 11.3 Å². The van der Waals surface area contributed by atoms with Gasteiger partial charge < -0.3 is 10.2 Å². The maximum absolute atomic E-state index is 13.2. The smallest absolute Gasteiger partial charge is 0.312 e. The van der Waals surface area contributed by atoms with Gasteiger partial charge in [-0.2, -0.15) is 13.2 Å². The van der Waals surface area contributed by atoms with Crippen LogP contribution in [-0.2, 0) is 25.6 Å². The first kappa shape index (κ1) is 22.0. The Balaban J connectivity index is 1.58. The number of nitrogens with one attached hydrogen (secondary N) is 1. The van der Waals surface area contributed by atoms with Crippen molar-refractivity contribution in [3.8, 4) is 0 Å². The average Bonchev–Trinajstić information content (AvgIpc) is 3.08. The summed E-state index contributed by atoms with van der Waals surface area (Å²) in [5.41, 5.74) is 0.584. The van der Waals surface area contributed by atoms with E-state index in [9.17, 15) is 18.0 Å². The van der Waals surface area contributed by atoms with Gasteiger partial charge in [0.15, 0.2) is 0 Å². The molecule has 0 saturated carbocycles. The molecular formula is C22H25F3N4OS. The van der Waals surface area contributed by atoms with Crippen LogP contribution in [0.25, 0.3) is 10.2 Å². The van der Waals surface area contributed by atoms with Crippen LogP contribution in [0.15, 0.2) is 35.4 Å². The fraction of sp³-hybridized carbons (Fsp3) is 0.455. The minimum Gasteiger partial charge on any atom is -0.312 e. The molecule has 1 atom stereocenters. The summed E-state index contributed by atoms with van der Waals surface area (Å²) in [6, 6.07) is 5.47. The van der Waals surface area contributed by atoms with Gasteiger partial charge in [0.25, 0.3) is 5.56 Å². The Morgan fingerprint density at radius 1 is 1.32 bits per heavy atom. The molecular weight excluding hydrogens is 425 g/mol. The van der Waals surface area contributed by atoms with E-state index in [-0.39, 0.29) is 12.1 Å². The first-order valence-electron chi connectivity index (χ1n) is 10.3. The Kier molecular flexibility index (Phi) is 6.18. The van der Waals surface area contributed by atoms with Crippen LogP contribution in [-0.4, -0.2) is 47.7 Å². The van der Waals surface area contributed by atoms with E-state index in [1.54, 1.807) is 17.4 Å². The lowest BCUT2D eigenvalue weighted by atomic mass is 9.93. The average molecular weight is 451 g/mol. The predicted molar refractivity (Wildman–Crippen MR) is 117 cm³/mol. The van der Waals surface area contributed by atoms with Gasteiger partial charge in [-0.25, -0.2) is 4.98 Å². The number of rotatable bonds is 6. The van der Waals surface area contributed by atoms with Gasteiger partial charge in [-0.05, 0) is 56.6 Å². The molecule has 0 radical (unpaired) electrons. The van der Waals surface area contributed by atoms with Crippen LogP contribution in [0.2, 0.25) is 0 Å². The molecule has 0 fully saturated rings. The Hall–Kier alpha value is -2.23. The van der Waals surface area contributed by atoms with E-state index < -0.39 is 11.7 Å². The topological polar surface area (TPSA) is 50.2 Å². The number of nitrogens with zero attached hydrogens (tertiary/aromatic N) is 3. The summed E-state index contributed by atoms with van der Waals surface area (Å²) in [6.07, 6.45) is -0.336. The summed E-state index contributed by atoms with van der Waals surface area (Å²) < 4.78 is 40.4. The highest BCUT2D eigenvalue weighted by molar-refractivity contribution is 7.18. The number of aryl methyl sites for hydroxylation is 1. The highest BCUT2D eigenvalue weighted by Gasteiger charge is 2.30. The van der Waals surface area contributed by atoms with Gasteiger partial charge in [0.2, 0.25) is 0 Å². The maximum Gasteiger partial charge on any atom is 0.416 e. The van der Waals surface area contributed by atoms with Crippen molar-refractivity contribution in [2.45, 2.75) is 38.0 Å². The molecule has 0 aliphatic heterocycles. The SMILES string of the molecule is CN(C)CCNC1CCc2c(sc3ncn(Cc4cccc(C(F)(F)F)c4)c(=O)c23)C1. The van der Waals surface area contributed by atoms with Crippen molar-refractivity contribution < 1.29 is 13.2 Å². The zero-order valence-corrected chi connectivity index (χ0v) is 18.3. The molecule has 1 unspecified atom stereocenters. The highest BCUT2D eigenvalue weighted by Crippen LogP contribution is 2.34. The summed E-state index contributed by atoms with van der Waals surface area (Å²) in [4.78, 5) is 21.7. The normalized spacial score (nSPS) is 16.8. The number of hydrogen-bond acceptors (Lipinski definition) is 5. The Bertz CT molecular complexity index is 1140. The van der Waals surface area contributed by atoms with Crippen molar-refractivity contribution in [3.63, 3.8) is 0 Å². The van der Waals surface area contributed by atoms with Gasteiger partial charge >= 0.3 is 6.18 Å². The van der Waals surface area contributed by atoms with Crippen LogP contribution < -0.4 is 10.9 Å². The lowest BCUT2D eigenvalue weighted by molar-refractivity contribution is -0.137. The molecule has 2 aromatic heterocycles. The fourth-order valence-electron chi connectivity index (χ4n) is 4.02. The zero-order chi connectivity index (χ0) is 22.2. The highest BCUT2D eigenvalue weighted by atomic mass is 32.1. The third-order valence-electron chi connectivity index (χ3n) is 5.64. The molecule has 9 heteroatoms. The van der Waals surface area contributed by atoms with Crippen molar-refractivity contribution in [3.05, 3.63) is 62.5 Å². The van der Waals surface area contributed by atoms with Gasteiger partial charge in [-0.15, -0.1) is 11.3 Å². The number of thiophene rings is 1. The van der Waals surface area contributed by atoms with Crippen LogP contribution in [0.4, 0.5) is 13.2 Å². The molecule has 0 bridgehead atoms. The second-order valence-corrected chi connectivity index (χ2v) is 9.34. The molecule has 1 aliphatic rings. The first-order valence-corrected chi connectivity index (χ1v) is 11.1. The van der Waals surface area contributed by atoms with E-state index in [2.05, 4.69) is 15.2 Å². The van der Waals surface area contributed by atoms with E-state index in [1.165, 1.54) is 21.8 Å². The van der Waals surface area contributed by atoms with Crippen molar-refractivity contribution in [1.82, 2.24) is 19.8 Å². The van der Waals surface area contributed by atoms with E-state index >= 15 is 0 Å². The van der Waals surface area contributed by atoms with E-state index in [0.717, 1.165) is 50.0 Å². The minimum atomic E-state index is -4.41. The molecule has 166 valence electrons. The summed E-state index contributed by atoms with van der Waals surface area (Å²) in [7, 11) is 4.09. The molecule has 0 spiro atoms. The van der Waals surface area contributed by atoms with Crippen molar-refractivity contribution in [1.29, 1.82) is 0 Å². The van der Waals surface area contributed by atoms with E-state index in [4.69, 9.17) is 0 Å². The van der Waals surface area contributed by atoms with Crippen molar-refractivity contribution in [2.75, 3.05) is 27.2 Å². The number of alkyl halides is 3. The van der Waals surface area contributed by atoms with Crippen LogP contribution in [0.3, 0.4) is 0 Å². The third-order valence-corrected chi connectivity index (χ3v) is 6.80. The number of fused-ring (bicyclic) bond motifs is 3. The minimum absolute atomic E-state index is 0.0605. The standard InChI is InChI=1S/C22H25F3N4OS/c1-28(2)9-8-26-16-6-7-17-18(11-16)31-20-19(17)21(30)29(13-27-20)12-14-4-3-5-15(10-14)22(23,24)25/h3-5,10,13,16,26H,6-9,11-12H2,1-2H3. The molecule has 2 heterocycles.